The highest BCUT2D eigenvalue weighted by Gasteiger charge is 2.17. The van der Waals surface area contributed by atoms with Gasteiger partial charge in [0.1, 0.15) is 4.90 Å². The minimum absolute atomic E-state index is 0.306. The summed E-state index contributed by atoms with van der Waals surface area (Å²) in [6, 6.07) is 4.74. The second kappa shape index (κ2) is 3.18. The fraction of sp³-hybridized carbons (Fsp3) is 0. The summed E-state index contributed by atoms with van der Waals surface area (Å²) in [7, 11) is -4.65. The third-order valence-corrected chi connectivity index (χ3v) is 3.97. The number of hydrogen-bond acceptors (Lipinski definition) is 3. The molecule has 0 saturated heterocycles. The average Bonchev–Trinajstić information content (AvgIpc) is 2.45. The molecule has 74 valence electrons. The number of fused-ring (bicyclic) bond motifs is 1. The van der Waals surface area contributed by atoms with Crippen LogP contribution in [0, 0.1) is 0 Å². The topological polar surface area (TPSA) is 34.1 Å². The molecular weight excluding hydrogens is 247 g/mol. The molecule has 2 rings (SSSR count). The highest BCUT2D eigenvalue weighted by Crippen LogP contribution is 2.32. The predicted molar refractivity (Wildman–Crippen MR) is 55.1 cm³/mol. The number of hydrogen-bond donors (Lipinski definition) is 0. The van der Waals surface area contributed by atoms with Crippen molar-refractivity contribution in [1.82, 2.24) is 0 Å². The third kappa shape index (κ3) is 1.63. The number of thiophene rings is 1. The molecule has 0 saturated carbocycles. The van der Waals surface area contributed by atoms with E-state index >= 15 is 0 Å². The van der Waals surface area contributed by atoms with Gasteiger partial charge in [0.15, 0.2) is 0 Å². The molecule has 0 aliphatic carbocycles. The first-order chi connectivity index (χ1) is 6.48. The monoisotopic (exact) mass is 250 g/mol. The SMILES string of the molecule is O=S(=O)(F)c1csc2ccc(Cl)cc12. The Morgan fingerprint density at radius 2 is 2.07 bits per heavy atom. The second-order valence-corrected chi connectivity index (χ2v) is 5.34. The maximum absolute atomic E-state index is 12.8. The zero-order valence-corrected chi connectivity index (χ0v) is 9.09. The lowest BCUT2D eigenvalue weighted by atomic mass is 10.3. The molecule has 0 atom stereocenters. The van der Waals surface area contributed by atoms with Gasteiger partial charge in [0.05, 0.1) is 0 Å². The van der Waals surface area contributed by atoms with Gasteiger partial charge in [-0.2, -0.15) is 8.42 Å². The molecule has 14 heavy (non-hydrogen) atoms. The van der Waals surface area contributed by atoms with E-state index in [0.29, 0.717) is 15.1 Å². The van der Waals surface area contributed by atoms with Crippen LogP contribution in [0.2, 0.25) is 5.02 Å². The van der Waals surface area contributed by atoms with Crippen molar-refractivity contribution in [2.75, 3.05) is 0 Å². The zero-order chi connectivity index (χ0) is 10.3. The van der Waals surface area contributed by atoms with Gasteiger partial charge in [-0.1, -0.05) is 11.6 Å². The first-order valence-corrected chi connectivity index (χ1v) is 6.24. The Balaban J connectivity index is 2.87. The highest BCUT2D eigenvalue weighted by molar-refractivity contribution is 7.86. The largest absolute Gasteiger partial charge is 0.333 e. The van der Waals surface area contributed by atoms with E-state index in [4.69, 9.17) is 11.6 Å². The molecule has 1 aromatic carbocycles. The third-order valence-electron chi connectivity index (χ3n) is 1.76. The van der Waals surface area contributed by atoms with Crippen LogP contribution in [0.1, 0.15) is 0 Å². The van der Waals surface area contributed by atoms with Crippen molar-refractivity contribution in [3.05, 3.63) is 28.6 Å². The Morgan fingerprint density at radius 1 is 1.36 bits per heavy atom. The standard InChI is InChI=1S/C8H4ClFO2S2/c9-5-1-2-7-6(3-5)8(4-13-7)14(10,11)12/h1-4H. The van der Waals surface area contributed by atoms with E-state index in [1.807, 2.05) is 0 Å². The number of halogens is 2. The molecule has 0 fully saturated rings. The van der Waals surface area contributed by atoms with Crippen LogP contribution in [0.5, 0.6) is 0 Å². The highest BCUT2D eigenvalue weighted by atomic mass is 35.5. The smallest absolute Gasteiger partial charge is 0.189 e. The first kappa shape index (κ1) is 9.89. The maximum Gasteiger partial charge on any atom is 0.333 e. The van der Waals surface area contributed by atoms with Crippen LogP contribution in [0.3, 0.4) is 0 Å². The summed E-state index contributed by atoms with van der Waals surface area (Å²) in [6.07, 6.45) is 0. The van der Waals surface area contributed by atoms with Crippen molar-refractivity contribution in [2.24, 2.45) is 0 Å². The van der Waals surface area contributed by atoms with Crippen LogP contribution in [-0.4, -0.2) is 8.42 Å². The van der Waals surface area contributed by atoms with Crippen molar-refractivity contribution >= 4 is 43.2 Å². The van der Waals surface area contributed by atoms with Gasteiger partial charge in [-0.05, 0) is 18.2 Å². The molecule has 0 bridgehead atoms. The molecule has 0 radical (unpaired) electrons. The minimum atomic E-state index is -4.65. The molecule has 1 aromatic heterocycles. The molecule has 0 N–H and O–H groups in total. The molecule has 0 aliphatic rings. The van der Waals surface area contributed by atoms with Crippen LogP contribution >= 0.6 is 22.9 Å². The van der Waals surface area contributed by atoms with Gasteiger partial charge in [-0.25, -0.2) is 0 Å². The molecule has 0 aliphatic heterocycles. The van der Waals surface area contributed by atoms with Crippen molar-refractivity contribution in [1.29, 1.82) is 0 Å². The van der Waals surface area contributed by atoms with Crippen LogP contribution < -0.4 is 0 Å². The lowest BCUT2D eigenvalue weighted by Gasteiger charge is -1.93. The van der Waals surface area contributed by atoms with Gasteiger partial charge in [-0.15, -0.1) is 15.2 Å². The molecule has 0 spiro atoms. The van der Waals surface area contributed by atoms with Crippen molar-refractivity contribution in [3.8, 4) is 0 Å². The molecule has 1 heterocycles. The Morgan fingerprint density at radius 3 is 2.71 bits per heavy atom. The van der Waals surface area contributed by atoms with Crippen molar-refractivity contribution in [2.45, 2.75) is 4.90 Å². The second-order valence-electron chi connectivity index (χ2n) is 2.68. The Bertz CT molecular complexity index is 588. The van der Waals surface area contributed by atoms with Gasteiger partial charge in [0.25, 0.3) is 0 Å². The lowest BCUT2D eigenvalue weighted by Crippen LogP contribution is -1.88. The summed E-state index contributed by atoms with van der Waals surface area (Å²) >= 11 is 6.86. The molecular formula is C8H4ClFO2S2. The molecule has 2 nitrogen and oxygen atoms in total. The van der Waals surface area contributed by atoms with Gasteiger partial charge in [-0.3, -0.25) is 0 Å². The van der Waals surface area contributed by atoms with Crippen molar-refractivity contribution in [3.63, 3.8) is 0 Å². The summed E-state index contributed by atoms with van der Waals surface area (Å²) in [5.41, 5.74) is 0. The van der Waals surface area contributed by atoms with E-state index in [-0.39, 0.29) is 4.90 Å². The van der Waals surface area contributed by atoms with Gasteiger partial charge < -0.3 is 0 Å². The molecule has 2 aromatic rings. The number of rotatable bonds is 1. The fourth-order valence-corrected chi connectivity index (χ4v) is 3.24. The van der Waals surface area contributed by atoms with E-state index in [9.17, 15) is 12.3 Å². The maximum atomic E-state index is 12.8. The summed E-state index contributed by atoms with van der Waals surface area (Å²) in [6.45, 7) is 0. The predicted octanol–water partition coefficient (Wildman–Crippen LogP) is 3.21. The van der Waals surface area contributed by atoms with Gasteiger partial charge in [0.2, 0.25) is 0 Å². The minimum Gasteiger partial charge on any atom is -0.189 e. The normalized spacial score (nSPS) is 12.1. The van der Waals surface area contributed by atoms with E-state index in [2.05, 4.69) is 0 Å². The number of benzene rings is 1. The Labute approximate surface area is 89.1 Å². The quantitative estimate of drug-likeness (QED) is 0.729. The molecule has 0 amide bonds. The summed E-state index contributed by atoms with van der Waals surface area (Å²) in [4.78, 5) is -0.306. The van der Waals surface area contributed by atoms with Gasteiger partial charge in [0, 0.05) is 20.5 Å². The van der Waals surface area contributed by atoms with E-state index in [0.717, 1.165) is 0 Å². The molecule has 0 unspecified atom stereocenters. The van der Waals surface area contributed by atoms with Crippen LogP contribution in [0.15, 0.2) is 28.5 Å². The van der Waals surface area contributed by atoms with Crippen LogP contribution in [-0.2, 0) is 10.2 Å². The van der Waals surface area contributed by atoms with Crippen LogP contribution in [0.25, 0.3) is 10.1 Å². The van der Waals surface area contributed by atoms with Crippen molar-refractivity contribution < 1.29 is 12.3 Å². The van der Waals surface area contributed by atoms with Gasteiger partial charge >= 0.3 is 10.2 Å². The lowest BCUT2D eigenvalue weighted by molar-refractivity contribution is 0.553. The average molecular weight is 251 g/mol. The van der Waals surface area contributed by atoms with E-state index in [1.165, 1.54) is 22.8 Å². The first-order valence-electron chi connectivity index (χ1n) is 3.60. The van der Waals surface area contributed by atoms with E-state index in [1.54, 1.807) is 12.1 Å². The zero-order valence-electron chi connectivity index (χ0n) is 6.70. The summed E-state index contributed by atoms with van der Waals surface area (Å²) in [5, 5.41) is 2.00. The summed E-state index contributed by atoms with van der Waals surface area (Å²) in [5.74, 6) is 0. The molecule has 6 heteroatoms. The Hall–Kier alpha value is -0.650. The Kier molecular flexibility index (Phi) is 2.25. The fourth-order valence-electron chi connectivity index (χ4n) is 1.17. The summed E-state index contributed by atoms with van der Waals surface area (Å²) < 4.78 is 34.9. The van der Waals surface area contributed by atoms with Crippen LogP contribution in [0.4, 0.5) is 3.89 Å². The van der Waals surface area contributed by atoms with E-state index < -0.39 is 10.2 Å².